The van der Waals surface area contributed by atoms with Gasteiger partial charge in [0.2, 0.25) is 0 Å². The fraction of sp³-hybridized carbons (Fsp3) is 0.889. The first-order valence-corrected chi connectivity index (χ1v) is 4.68. The van der Waals surface area contributed by atoms with Gasteiger partial charge < -0.3 is 9.47 Å². The summed E-state index contributed by atoms with van der Waals surface area (Å²) in [6.07, 6.45) is 3.08. The molecule has 0 bridgehead atoms. The summed E-state index contributed by atoms with van der Waals surface area (Å²) in [5.74, 6) is -0.294. The molecule has 0 N–H and O–H groups in total. The highest BCUT2D eigenvalue weighted by atomic mass is 16.7. The van der Waals surface area contributed by atoms with E-state index in [9.17, 15) is 4.79 Å². The Labute approximate surface area is 78.8 Å². The van der Waals surface area contributed by atoms with Crippen molar-refractivity contribution in [3.63, 3.8) is 0 Å². The van der Waals surface area contributed by atoms with E-state index in [0.717, 1.165) is 25.9 Å². The van der Waals surface area contributed by atoms with E-state index >= 15 is 0 Å². The zero-order chi connectivity index (χ0) is 9.68. The molecule has 1 aliphatic rings. The Morgan fingerprint density at radius 3 is 2.38 bits per heavy atom. The lowest BCUT2D eigenvalue weighted by Gasteiger charge is -2.31. The molecule has 1 atom stereocenters. The van der Waals surface area contributed by atoms with Crippen molar-refractivity contribution in [2.45, 2.75) is 32.6 Å². The maximum absolute atomic E-state index is 10.7. The summed E-state index contributed by atoms with van der Waals surface area (Å²) in [6.45, 7) is 3.30. The van der Waals surface area contributed by atoms with Crippen molar-refractivity contribution >= 4 is 5.97 Å². The third-order valence-corrected chi connectivity index (χ3v) is 2.16. The first kappa shape index (κ1) is 10.5. The normalized spacial score (nSPS) is 21.1. The molecule has 0 radical (unpaired) electrons. The molecule has 1 rings (SSSR count). The van der Waals surface area contributed by atoms with Gasteiger partial charge in [-0.05, 0) is 12.8 Å². The van der Waals surface area contributed by atoms with Gasteiger partial charge in [-0.3, -0.25) is 4.79 Å². The SMILES string of the molecule is COC(OC(C)=O)N1CCCCC1. The fourth-order valence-corrected chi connectivity index (χ4v) is 1.54. The second-order valence-electron chi connectivity index (χ2n) is 3.25. The van der Waals surface area contributed by atoms with Crippen LogP contribution < -0.4 is 0 Å². The topological polar surface area (TPSA) is 38.8 Å². The predicted molar refractivity (Wildman–Crippen MR) is 48.0 cm³/mol. The van der Waals surface area contributed by atoms with Gasteiger partial charge in [-0.2, -0.15) is 0 Å². The van der Waals surface area contributed by atoms with E-state index < -0.39 is 6.41 Å². The van der Waals surface area contributed by atoms with Crippen molar-refractivity contribution in [3.05, 3.63) is 0 Å². The zero-order valence-electron chi connectivity index (χ0n) is 8.28. The summed E-state index contributed by atoms with van der Waals surface area (Å²) in [5.41, 5.74) is 0. The number of esters is 1. The molecule has 4 heteroatoms. The van der Waals surface area contributed by atoms with Gasteiger partial charge in [-0.25, -0.2) is 4.90 Å². The van der Waals surface area contributed by atoms with Gasteiger partial charge in [-0.15, -0.1) is 0 Å². The molecule has 0 aromatic rings. The summed E-state index contributed by atoms with van der Waals surface area (Å²) in [5, 5.41) is 0. The van der Waals surface area contributed by atoms with Gasteiger partial charge in [0.25, 0.3) is 6.41 Å². The van der Waals surface area contributed by atoms with Crippen LogP contribution in [0.3, 0.4) is 0 Å². The molecule has 0 amide bonds. The molecule has 13 heavy (non-hydrogen) atoms. The average molecular weight is 187 g/mol. The number of ether oxygens (including phenoxy) is 2. The Morgan fingerprint density at radius 1 is 1.31 bits per heavy atom. The van der Waals surface area contributed by atoms with E-state index in [2.05, 4.69) is 0 Å². The van der Waals surface area contributed by atoms with Crippen molar-refractivity contribution in [1.29, 1.82) is 0 Å². The number of hydrogen-bond acceptors (Lipinski definition) is 4. The van der Waals surface area contributed by atoms with Gasteiger partial charge in [-0.1, -0.05) is 6.42 Å². The quantitative estimate of drug-likeness (QED) is 0.487. The Bertz CT molecular complexity index is 166. The van der Waals surface area contributed by atoms with Gasteiger partial charge in [0, 0.05) is 27.1 Å². The first-order valence-electron chi connectivity index (χ1n) is 4.68. The van der Waals surface area contributed by atoms with Crippen LogP contribution in [0.25, 0.3) is 0 Å². The smallest absolute Gasteiger partial charge is 0.305 e. The standard InChI is InChI=1S/C9H17NO3/c1-8(11)13-9(12-2)10-6-4-3-5-7-10/h9H,3-7H2,1-2H3. The van der Waals surface area contributed by atoms with Crippen LogP contribution >= 0.6 is 0 Å². The van der Waals surface area contributed by atoms with Crippen molar-refractivity contribution in [1.82, 2.24) is 4.90 Å². The number of carbonyl (C=O) groups is 1. The molecule has 0 spiro atoms. The summed E-state index contributed by atoms with van der Waals surface area (Å²) >= 11 is 0. The molecule has 1 aliphatic heterocycles. The lowest BCUT2D eigenvalue weighted by molar-refractivity contribution is -0.214. The molecule has 76 valence electrons. The zero-order valence-corrected chi connectivity index (χ0v) is 8.28. The van der Waals surface area contributed by atoms with E-state index in [0.29, 0.717) is 0 Å². The Morgan fingerprint density at radius 2 is 1.92 bits per heavy atom. The molecule has 0 aromatic heterocycles. The summed E-state index contributed by atoms with van der Waals surface area (Å²) in [7, 11) is 1.56. The Hall–Kier alpha value is -0.610. The molecule has 1 unspecified atom stereocenters. The van der Waals surface area contributed by atoms with Crippen molar-refractivity contribution in [2.24, 2.45) is 0 Å². The minimum absolute atomic E-state index is 0.294. The number of rotatable bonds is 3. The van der Waals surface area contributed by atoms with Crippen LogP contribution in [0.2, 0.25) is 0 Å². The molecule has 0 aliphatic carbocycles. The van der Waals surface area contributed by atoms with Gasteiger partial charge in [0.1, 0.15) is 0 Å². The third kappa shape index (κ3) is 3.32. The second-order valence-corrected chi connectivity index (χ2v) is 3.25. The lowest BCUT2D eigenvalue weighted by atomic mass is 10.1. The third-order valence-electron chi connectivity index (χ3n) is 2.16. The highest BCUT2D eigenvalue weighted by molar-refractivity contribution is 5.65. The number of hydrogen-bond donors (Lipinski definition) is 0. The van der Waals surface area contributed by atoms with Crippen LogP contribution in [0.4, 0.5) is 0 Å². The molecular formula is C9H17NO3. The maximum Gasteiger partial charge on any atom is 0.305 e. The minimum atomic E-state index is -0.488. The van der Waals surface area contributed by atoms with Gasteiger partial charge in [0.15, 0.2) is 0 Å². The minimum Gasteiger partial charge on any atom is -0.421 e. The molecule has 0 saturated carbocycles. The predicted octanol–water partition coefficient (Wildman–Crippen LogP) is 0.965. The number of nitrogens with zero attached hydrogens (tertiary/aromatic N) is 1. The molecular weight excluding hydrogens is 170 g/mol. The van der Waals surface area contributed by atoms with Crippen LogP contribution in [0.15, 0.2) is 0 Å². The fourth-order valence-electron chi connectivity index (χ4n) is 1.54. The first-order chi connectivity index (χ1) is 6.24. The highest BCUT2D eigenvalue weighted by Gasteiger charge is 2.22. The molecule has 1 heterocycles. The van der Waals surface area contributed by atoms with Gasteiger partial charge >= 0.3 is 5.97 Å². The van der Waals surface area contributed by atoms with Gasteiger partial charge in [0.05, 0.1) is 0 Å². The second kappa shape index (κ2) is 5.19. The van der Waals surface area contributed by atoms with Crippen LogP contribution in [-0.4, -0.2) is 37.5 Å². The van der Waals surface area contributed by atoms with Crippen LogP contribution in [0.5, 0.6) is 0 Å². The van der Waals surface area contributed by atoms with Crippen LogP contribution in [0, 0.1) is 0 Å². The number of likely N-dealkylation sites (tertiary alicyclic amines) is 1. The maximum atomic E-state index is 10.7. The van der Waals surface area contributed by atoms with Crippen molar-refractivity contribution in [3.8, 4) is 0 Å². The van der Waals surface area contributed by atoms with E-state index in [-0.39, 0.29) is 5.97 Å². The van der Waals surface area contributed by atoms with Crippen LogP contribution in [0.1, 0.15) is 26.2 Å². The van der Waals surface area contributed by atoms with Crippen molar-refractivity contribution in [2.75, 3.05) is 20.2 Å². The Balaban J connectivity index is 2.39. The summed E-state index contributed by atoms with van der Waals surface area (Å²) in [4.78, 5) is 12.8. The van der Waals surface area contributed by atoms with Crippen LogP contribution in [-0.2, 0) is 14.3 Å². The van der Waals surface area contributed by atoms with E-state index in [4.69, 9.17) is 9.47 Å². The van der Waals surface area contributed by atoms with E-state index in [1.807, 2.05) is 4.90 Å². The number of methoxy groups -OCH3 is 1. The molecule has 1 fully saturated rings. The van der Waals surface area contributed by atoms with E-state index in [1.165, 1.54) is 13.3 Å². The largest absolute Gasteiger partial charge is 0.421 e. The summed E-state index contributed by atoms with van der Waals surface area (Å²) < 4.78 is 10.1. The number of carbonyl (C=O) groups excluding carboxylic acids is 1. The average Bonchev–Trinajstić information content (AvgIpc) is 2.15. The monoisotopic (exact) mass is 187 g/mol. The number of piperidine rings is 1. The van der Waals surface area contributed by atoms with Crippen molar-refractivity contribution < 1.29 is 14.3 Å². The molecule has 4 nitrogen and oxygen atoms in total. The molecule has 1 saturated heterocycles. The highest BCUT2D eigenvalue weighted by Crippen LogP contribution is 2.13. The Kier molecular flexibility index (Phi) is 4.18. The lowest BCUT2D eigenvalue weighted by Crippen LogP contribution is -2.42. The summed E-state index contributed by atoms with van der Waals surface area (Å²) in [6, 6.07) is 0. The molecule has 0 aromatic carbocycles. The van der Waals surface area contributed by atoms with E-state index in [1.54, 1.807) is 7.11 Å².